The molecule has 0 atom stereocenters. The van der Waals surface area contributed by atoms with Crippen molar-refractivity contribution in [2.45, 2.75) is 20.8 Å². The summed E-state index contributed by atoms with van der Waals surface area (Å²) in [7, 11) is 0. The molecule has 0 saturated heterocycles. The Morgan fingerprint density at radius 1 is 1.21 bits per heavy atom. The number of hydrogen-bond acceptors (Lipinski definition) is 3. The molecular formula is C14H15ClFN3. The Hall–Kier alpha value is -1.68. The fourth-order valence-corrected chi connectivity index (χ4v) is 2.04. The minimum atomic E-state index is -0.388. The number of nitrogens with zero attached hydrogens (tertiary/aromatic N) is 2. The van der Waals surface area contributed by atoms with Crippen LogP contribution in [0.5, 0.6) is 0 Å². The number of benzene rings is 1. The van der Waals surface area contributed by atoms with Gasteiger partial charge in [-0.15, -0.1) is 10.2 Å². The zero-order chi connectivity index (χ0) is 14.0. The van der Waals surface area contributed by atoms with Gasteiger partial charge in [-0.2, -0.15) is 0 Å². The standard InChI is InChI=1S/C14H15ClFN3/c1-4-17-14-9(3)8(2)13(18-19-14)11-6-5-10(15)7-12(11)16/h5-7H,4H2,1-3H3,(H,17,19). The molecule has 0 bridgehead atoms. The van der Waals surface area contributed by atoms with Gasteiger partial charge in [0.25, 0.3) is 0 Å². The van der Waals surface area contributed by atoms with Crippen molar-refractivity contribution in [2.24, 2.45) is 0 Å². The fraction of sp³-hybridized carbons (Fsp3) is 0.286. The van der Waals surface area contributed by atoms with Crippen LogP contribution in [0.15, 0.2) is 18.2 Å². The van der Waals surface area contributed by atoms with Crippen LogP contribution in [0.3, 0.4) is 0 Å². The highest BCUT2D eigenvalue weighted by Crippen LogP contribution is 2.29. The largest absolute Gasteiger partial charge is 0.369 e. The molecule has 0 fully saturated rings. The van der Waals surface area contributed by atoms with Gasteiger partial charge in [-0.25, -0.2) is 4.39 Å². The molecule has 1 aromatic heterocycles. The van der Waals surface area contributed by atoms with Crippen LogP contribution in [0.25, 0.3) is 11.3 Å². The minimum absolute atomic E-state index is 0.368. The Labute approximate surface area is 116 Å². The summed E-state index contributed by atoms with van der Waals surface area (Å²) in [6, 6.07) is 4.56. The molecule has 5 heteroatoms. The van der Waals surface area contributed by atoms with E-state index >= 15 is 0 Å². The van der Waals surface area contributed by atoms with Crippen LogP contribution in [0.2, 0.25) is 5.02 Å². The lowest BCUT2D eigenvalue weighted by atomic mass is 10.0. The maximum atomic E-state index is 13.9. The monoisotopic (exact) mass is 279 g/mol. The van der Waals surface area contributed by atoms with Gasteiger partial charge in [-0.05, 0) is 50.1 Å². The number of aromatic nitrogens is 2. The van der Waals surface area contributed by atoms with Crippen LogP contribution in [0.4, 0.5) is 10.2 Å². The molecule has 0 saturated carbocycles. The van der Waals surface area contributed by atoms with Crippen molar-refractivity contribution < 1.29 is 4.39 Å². The highest BCUT2D eigenvalue weighted by atomic mass is 35.5. The molecule has 0 unspecified atom stereocenters. The van der Waals surface area contributed by atoms with Crippen molar-refractivity contribution in [3.05, 3.63) is 40.2 Å². The summed E-state index contributed by atoms with van der Waals surface area (Å²) in [5.41, 5.74) is 2.85. The van der Waals surface area contributed by atoms with Crippen molar-refractivity contribution >= 4 is 17.4 Å². The average Bonchev–Trinajstić information content (AvgIpc) is 2.37. The van der Waals surface area contributed by atoms with Crippen LogP contribution in [0.1, 0.15) is 18.1 Å². The maximum absolute atomic E-state index is 13.9. The summed E-state index contributed by atoms with van der Waals surface area (Å²) in [6.07, 6.45) is 0. The first-order valence-electron chi connectivity index (χ1n) is 6.07. The summed E-state index contributed by atoms with van der Waals surface area (Å²) in [6.45, 7) is 6.61. The smallest absolute Gasteiger partial charge is 0.151 e. The molecule has 1 aromatic carbocycles. The highest BCUT2D eigenvalue weighted by molar-refractivity contribution is 6.30. The van der Waals surface area contributed by atoms with Gasteiger partial charge in [0.15, 0.2) is 5.82 Å². The third kappa shape index (κ3) is 2.68. The van der Waals surface area contributed by atoms with E-state index in [-0.39, 0.29) is 5.82 Å². The third-order valence-electron chi connectivity index (χ3n) is 3.05. The van der Waals surface area contributed by atoms with Crippen LogP contribution >= 0.6 is 11.6 Å². The summed E-state index contributed by atoms with van der Waals surface area (Å²) < 4.78 is 13.9. The van der Waals surface area contributed by atoms with E-state index in [1.807, 2.05) is 20.8 Å². The number of hydrogen-bond donors (Lipinski definition) is 1. The first-order chi connectivity index (χ1) is 9.04. The van der Waals surface area contributed by atoms with Crippen molar-refractivity contribution in [2.75, 3.05) is 11.9 Å². The Balaban J connectivity index is 2.54. The van der Waals surface area contributed by atoms with E-state index in [9.17, 15) is 4.39 Å². The van der Waals surface area contributed by atoms with Crippen LogP contribution < -0.4 is 5.32 Å². The van der Waals surface area contributed by atoms with E-state index in [2.05, 4.69) is 15.5 Å². The Kier molecular flexibility index (Phi) is 4.00. The SMILES string of the molecule is CCNc1nnc(-c2ccc(Cl)cc2F)c(C)c1C. The third-order valence-corrected chi connectivity index (χ3v) is 3.29. The molecule has 1 heterocycles. The van der Waals surface area contributed by atoms with Gasteiger partial charge in [0.05, 0.1) is 5.69 Å². The highest BCUT2D eigenvalue weighted by Gasteiger charge is 2.14. The molecule has 19 heavy (non-hydrogen) atoms. The Morgan fingerprint density at radius 2 is 1.95 bits per heavy atom. The lowest BCUT2D eigenvalue weighted by Crippen LogP contribution is -2.06. The molecule has 0 radical (unpaired) electrons. The van der Waals surface area contributed by atoms with Crippen LogP contribution in [-0.4, -0.2) is 16.7 Å². The van der Waals surface area contributed by atoms with Crippen molar-refractivity contribution in [1.29, 1.82) is 0 Å². The van der Waals surface area contributed by atoms with Crippen LogP contribution in [0, 0.1) is 19.7 Å². The second-order valence-corrected chi connectivity index (χ2v) is 4.74. The normalized spacial score (nSPS) is 10.6. The van der Waals surface area contributed by atoms with Gasteiger partial charge >= 0.3 is 0 Å². The van der Waals surface area contributed by atoms with E-state index in [0.29, 0.717) is 16.3 Å². The molecule has 1 N–H and O–H groups in total. The molecule has 2 rings (SSSR count). The van der Waals surface area contributed by atoms with Gasteiger partial charge in [-0.3, -0.25) is 0 Å². The summed E-state index contributed by atoms with van der Waals surface area (Å²) in [5, 5.41) is 11.7. The fourth-order valence-electron chi connectivity index (χ4n) is 1.88. The van der Waals surface area contributed by atoms with Crippen LogP contribution in [-0.2, 0) is 0 Å². The van der Waals surface area contributed by atoms with E-state index < -0.39 is 0 Å². The predicted molar refractivity (Wildman–Crippen MR) is 76.1 cm³/mol. The van der Waals surface area contributed by atoms with E-state index in [1.54, 1.807) is 12.1 Å². The summed E-state index contributed by atoms with van der Waals surface area (Å²) in [5.74, 6) is 0.346. The summed E-state index contributed by atoms with van der Waals surface area (Å²) >= 11 is 5.76. The van der Waals surface area contributed by atoms with E-state index in [4.69, 9.17) is 11.6 Å². The van der Waals surface area contributed by atoms with Gasteiger partial charge in [0, 0.05) is 17.1 Å². The molecule has 0 aliphatic rings. The number of halogens is 2. The van der Waals surface area contributed by atoms with Crippen molar-refractivity contribution in [3.63, 3.8) is 0 Å². The van der Waals surface area contributed by atoms with Gasteiger partial charge in [0.2, 0.25) is 0 Å². The summed E-state index contributed by atoms with van der Waals surface area (Å²) in [4.78, 5) is 0. The van der Waals surface area contributed by atoms with Crippen molar-refractivity contribution in [1.82, 2.24) is 10.2 Å². The topological polar surface area (TPSA) is 37.8 Å². The molecule has 2 aromatic rings. The van der Waals surface area contributed by atoms with E-state index in [1.165, 1.54) is 6.07 Å². The maximum Gasteiger partial charge on any atom is 0.151 e. The number of rotatable bonds is 3. The lowest BCUT2D eigenvalue weighted by Gasteiger charge is -2.12. The molecule has 0 spiro atoms. The molecule has 3 nitrogen and oxygen atoms in total. The number of nitrogens with one attached hydrogen (secondary N) is 1. The second-order valence-electron chi connectivity index (χ2n) is 4.30. The lowest BCUT2D eigenvalue weighted by molar-refractivity contribution is 0.630. The average molecular weight is 280 g/mol. The first kappa shape index (κ1) is 13.7. The number of anilines is 1. The van der Waals surface area contributed by atoms with Gasteiger partial charge in [-0.1, -0.05) is 11.6 Å². The molecular weight excluding hydrogens is 265 g/mol. The van der Waals surface area contributed by atoms with Gasteiger partial charge in [0.1, 0.15) is 5.82 Å². The van der Waals surface area contributed by atoms with Gasteiger partial charge < -0.3 is 5.32 Å². The quantitative estimate of drug-likeness (QED) is 0.923. The first-order valence-corrected chi connectivity index (χ1v) is 6.45. The predicted octanol–water partition coefficient (Wildman–Crippen LogP) is 3.98. The molecule has 0 aliphatic heterocycles. The molecule has 0 amide bonds. The second kappa shape index (κ2) is 5.53. The zero-order valence-electron chi connectivity index (χ0n) is 11.1. The zero-order valence-corrected chi connectivity index (χ0v) is 11.8. The minimum Gasteiger partial charge on any atom is -0.369 e. The Bertz CT molecular complexity index is 614. The molecule has 0 aliphatic carbocycles. The molecule has 100 valence electrons. The Morgan fingerprint density at radius 3 is 2.58 bits per heavy atom. The van der Waals surface area contributed by atoms with Crippen molar-refractivity contribution in [3.8, 4) is 11.3 Å². The van der Waals surface area contributed by atoms with E-state index in [0.717, 1.165) is 23.5 Å².